The van der Waals surface area contributed by atoms with Crippen LogP contribution in [0.4, 0.5) is 0 Å². The zero-order chi connectivity index (χ0) is 46.9. The van der Waals surface area contributed by atoms with Crippen LogP contribution < -0.4 is 0 Å². The highest BCUT2D eigenvalue weighted by molar-refractivity contribution is 7.47. The second-order valence-corrected chi connectivity index (χ2v) is 19.0. The smallest absolute Gasteiger partial charge is 0.462 e. The molecule has 14 nitrogen and oxygen atoms in total. The molecule has 4 atom stereocenters. The van der Waals surface area contributed by atoms with E-state index >= 15 is 0 Å². The number of ether oxygens (including phenoxy) is 2. The SMILES string of the molecule is CC/C=C\C/C=C\CC(O)/C=C/C=C\C/C=C\CCCC(=O)O[C@H](COC(=O)CCCCCCCCCCCCCCCCCC(C)C)COP(=O)(O)OC[C@@H](O)COP(=O)(O)O. The van der Waals surface area contributed by atoms with Gasteiger partial charge in [-0.1, -0.05) is 178 Å². The van der Waals surface area contributed by atoms with Gasteiger partial charge in [0.05, 0.1) is 25.9 Å². The Kier molecular flexibility index (Phi) is 39.8. The number of rotatable bonds is 43. The van der Waals surface area contributed by atoms with Crippen LogP contribution in [0.2, 0.25) is 0 Å². The second-order valence-electron chi connectivity index (χ2n) is 16.3. The summed E-state index contributed by atoms with van der Waals surface area (Å²) in [6.45, 7) is 3.84. The molecular weight excluding hydrogens is 850 g/mol. The molecule has 0 amide bonds. The minimum atomic E-state index is -4.88. The normalized spacial score (nSPS) is 15.1. The van der Waals surface area contributed by atoms with Gasteiger partial charge in [0.2, 0.25) is 0 Å². The van der Waals surface area contributed by atoms with Gasteiger partial charge < -0.3 is 34.4 Å². The predicted molar refractivity (Wildman–Crippen MR) is 250 cm³/mol. The molecule has 366 valence electrons. The van der Waals surface area contributed by atoms with E-state index in [0.29, 0.717) is 32.1 Å². The molecule has 0 radical (unpaired) electrons. The van der Waals surface area contributed by atoms with E-state index in [1.54, 1.807) is 12.2 Å². The van der Waals surface area contributed by atoms with Crippen molar-refractivity contribution in [1.29, 1.82) is 0 Å². The molecular formula is C47H84O14P2. The number of carbonyl (C=O) groups is 2. The first kappa shape index (κ1) is 60.8. The average molecular weight is 935 g/mol. The van der Waals surface area contributed by atoms with Gasteiger partial charge in [-0.25, -0.2) is 9.13 Å². The van der Waals surface area contributed by atoms with E-state index in [2.05, 4.69) is 42.0 Å². The van der Waals surface area contributed by atoms with Gasteiger partial charge in [0.1, 0.15) is 12.7 Å². The van der Waals surface area contributed by atoms with Crippen LogP contribution in [0.5, 0.6) is 0 Å². The number of carbonyl (C=O) groups excluding carboxylic acids is 2. The van der Waals surface area contributed by atoms with Gasteiger partial charge >= 0.3 is 27.6 Å². The summed E-state index contributed by atoms with van der Waals surface area (Å²) in [6.07, 6.45) is 39.7. The molecule has 0 fully saturated rings. The van der Waals surface area contributed by atoms with Crippen LogP contribution in [-0.4, -0.2) is 81.6 Å². The fraction of sp³-hybridized carbons (Fsp3) is 0.745. The van der Waals surface area contributed by atoms with Gasteiger partial charge in [-0.3, -0.25) is 23.2 Å². The first-order valence-corrected chi connectivity index (χ1v) is 26.5. The molecule has 0 aromatic heterocycles. The van der Waals surface area contributed by atoms with Crippen molar-refractivity contribution < 1.29 is 66.7 Å². The molecule has 0 spiro atoms. The maximum absolute atomic E-state index is 12.7. The van der Waals surface area contributed by atoms with Gasteiger partial charge in [0.25, 0.3) is 0 Å². The second kappa shape index (κ2) is 41.2. The van der Waals surface area contributed by atoms with Crippen LogP contribution in [0.15, 0.2) is 60.8 Å². The summed E-state index contributed by atoms with van der Waals surface area (Å²) in [5, 5.41) is 19.8. The molecule has 0 aliphatic rings. The predicted octanol–water partition coefficient (Wildman–Crippen LogP) is 11.2. The van der Waals surface area contributed by atoms with Gasteiger partial charge in [-0.15, -0.1) is 0 Å². The number of hydrogen-bond acceptors (Lipinski definition) is 11. The Labute approximate surface area is 379 Å². The van der Waals surface area contributed by atoms with E-state index in [4.69, 9.17) is 23.8 Å². The van der Waals surface area contributed by atoms with Crippen molar-refractivity contribution in [3.05, 3.63) is 60.8 Å². The first-order valence-electron chi connectivity index (χ1n) is 23.4. The number of aliphatic hydroxyl groups is 2. The van der Waals surface area contributed by atoms with Gasteiger partial charge in [0.15, 0.2) is 6.10 Å². The molecule has 0 saturated heterocycles. The number of aliphatic hydroxyl groups excluding tert-OH is 2. The molecule has 0 aliphatic heterocycles. The highest BCUT2D eigenvalue weighted by Crippen LogP contribution is 2.43. The molecule has 0 aromatic carbocycles. The molecule has 63 heavy (non-hydrogen) atoms. The summed E-state index contributed by atoms with van der Waals surface area (Å²) >= 11 is 0. The third-order valence-corrected chi connectivity index (χ3v) is 11.1. The van der Waals surface area contributed by atoms with Crippen LogP contribution in [0.1, 0.15) is 175 Å². The third-order valence-electron chi connectivity index (χ3n) is 9.67. The Bertz CT molecular complexity index is 1370. The topological polar surface area (TPSA) is 216 Å². The lowest BCUT2D eigenvalue weighted by molar-refractivity contribution is -0.161. The Morgan fingerprint density at radius 3 is 1.70 bits per heavy atom. The van der Waals surface area contributed by atoms with Crippen molar-refractivity contribution in [3.8, 4) is 0 Å². The highest BCUT2D eigenvalue weighted by Gasteiger charge is 2.28. The minimum absolute atomic E-state index is 0.0203. The summed E-state index contributed by atoms with van der Waals surface area (Å²) in [4.78, 5) is 52.8. The van der Waals surface area contributed by atoms with Gasteiger partial charge in [0, 0.05) is 12.8 Å². The number of phosphoric acid groups is 2. The quantitative estimate of drug-likeness (QED) is 0.0126. The molecule has 0 rings (SSSR count). The van der Waals surface area contributed by atoms with Crippen molar-refractivity contribution in [1.82, 2.24) is 0 Å². The molecule has 0 saturated carbocycles. The Morgan fingerprint density at radius 2 is 1.10 bits per heavy atom. The fourth-order valence-corrected chi connectivity index (χ4v) is 7.28. The largest absolute Gasteiger partial charge is 0.472 e. The van der Waals surface area contributed by atoms with Crippen LogP contribution in [0.25, 0.3) is 0 Å². The minimum Gasteiger partial charge on any atom is -0.462 e. The monoisotopic (exact) mass is 935 g/mol. The van der Waals surface area contributed by atoms with Crippen molar-refractivity contribution in [3.63, 3.8) is 0 Å². The van der Waals surface area contributed by atoms with Crippen LogP contribution in [0.3, 0.4) is 0 Å². The van der Waals surface area contributed by atoms with E-state index in [-0.39, 0.29) is 12.8 Å². The number of allylic oxidation sites excluding steroid dienone is 8. The van der Waals surface area contributed by atoms with E-state index in [1.165, 1.54) is 77.0 Å². The molecule has 16 heteroatoms. The van der Waals surface area contributed by atoms with Crippen LogP contribution >= 0.6 is 15.6 Å². The van der Waals surface area contributed by atoms with E-state index < -0.39 is 72.3 Å². The van der Waals surface area contributed by atoms with Crippen molar-refractivity contribution in [2.45, 2.75) is 193 Å². The van der Waals surface area contributed by atoms with Crippen molar-refractivity contribution >= 4 is 27.6 Å². The third kappa shape index (κ3) is 46.1. The standard InChI is InChI=1S/C47H84O14P2/c1-4-5-6-7-24-29-34-43(48)35-30-25-20-17-18-22-27-32-37-47(51)61-45(41-60-63(55,56)59-39-44(49)38-58-62(52,53)54)40-57-46(50)36-31-26-21-16-14-12-10-8-9-11-13-15-19-23-28-33-42(2)3/h5-6,18,20,22,24-25,29-30,35,42-45,48-49H,4,7-17,19,21,23,26-28,31-34,36-41H2,1-3H3,(H,55,56)(H2,52,53,54)/b6-5-,22-18-,25-20-,29-24-,35-30+/t43?,44-,45+/m0/s1. The zero-order valence-corrected chi connectivity index (χ0v) is 40.5. The van der Waals surface area contributed by atoms with E-state index in [1.807, 2.05) is 36.5 Å². The maximum Gasteiger partial charge on any atom is 0.472 e. The average Bonchev–Trinajstić information content (AvgIpc) is 3.23. The number of phosphoric ester groups is 2. The van der Waals surface area contributed by atoms with Crippen molar-refractivity contribution in [2.24, 2.45) is 5.92 Å². The maximum atomic E-state index is 12.7. The molecule has 0 heterocycles. The van der Waals surface area contributed by atoms with E-state index in [0.717, 1.165) is 38.0 Å². The fourth-order valence-electron chi connectivity index (χ4n) is 6.12. The van der Waals surface area contributed by atoms with E-state index in [9.17, 15) is 33.8 Å². The Hall–Kier alpha value is -2.22. The van der Waals surface area contributed by atoms with Crippen molar-refractivity contribution in [2.75, 3.05) is 26.4 Å². The molecule has 0 aliphatic carbocycles. The summed E-state index contributed by atoms with van der Waals surface area (Å²) in [5.41, 5.74) is 0. The number of hydrogen-bond donors (Lipinski definition) is 5. The Morgan fingerprint density at radius 1 is 0.571 bits per heavy atom. The van der Waals surface area contributed by atoms with Crippen LogP contribution in [0, 0.1) is 5.92 Å². The number of unbranched alkanes of at least 4 members (excludes halogenated alkanes) is 15. The number of esters is 2. The van der Waals surface area contributed by atoms with Crippen LogP contribution in [-0.2, 0) is 41.8 Å². The van der Waals surface area contributed by atoms with Gasteiger partial charge in [-0.05, 0) is 50.9 Å². The molecule has 2 unspecified atom stereocenters. The first-order chi connectivity index (χ1) is 30.1. The summed E-state index contributed by atoms with van der Waals surface area (Å²) < 4.78 is 47.8. The lowest BCUT2D eigenvalue weighted by Crippen LogP contribution is -2.29. The molecule has 0 bridgehead atoms. The van der Waals surface area contributed by atoms with Gasteiger partial charge in [-0.2, -0.15) is 0 Å². The summed E-state index contributed by atoms with van der Waals surface area (Å²) in [6, 6.07) is 0. The lowest BCUT2D eigenvalue weighted by atomic mass is 10.0. The zero-order valence-electron chi connectivity index (χ0n) is 38.7. The molecule has 5 N–H and O–H groups in total. The summed E-state index contributed by atoms with van der Waals surface area (Å²) in [7, 11) is -9.72. The highest BCUT2D eigenvalue weighted by atomic mass is 31.2. The summed E-state index contributed by atoms with van der Waals surface area (Å²) in [5.74, 6) is -0.325. The molecule has 0 aromatic rings. The lowest BCUT2D eigenvalue weighted by Gasteiger charge is -2.20. The Balaban J connectivity index is 4.60.